The summed E-state index contributed by atoms with van der Waals surface area (Å²) in [5.41, 5.74) is 5.34. The van der Waals surface area contributed by atoms with Gasteiger partial charge in [-0.3, -0.25) is 5.41 Å². The van der Waals surface area contributed by atoms with Gasteiger partial charge in [0.05, 0.1) is 5.84 Å². The van der Waals surface area contributed by atoms with Crippen LogP contribution in [0.2, 0.25) is 0 Å². The van der Waals surface area contributed by atoms with Gasteiger partial charge in [-0.25, -0.2) is 0 Å². The first-order chi connectivity index (χ1) is 4.75. The highest BCUT2D eigenvalue weighted by Gasteiger charge is 2.28. The molecule has 3 nitrogen and oxygen atoms in total. The average Bonchev–Trinajstić information content (AvgIpc) is 2.33. The lowest BCUT2D eigenvalue weighted by Gasteiger charge is -2.14. The summed E-state index contributed by atoms with van der Waals surface area (Å²) in [7, 11) is 0. The highest BCUT2D eigenvalue weighted by Crippen LogP contribution is 2.30. The molecule has 2 unspecified atom stereocenters. The minimum Gasteiger partial charge on any atom is -0.396 e. The third-order valence-corrected chi connectivity index (χ3v) is 2.29. The zero-order valence-corrected chi connectivity index (χ0v) is 6.01. The van der Waals surface area contributed by atoms with Gasteiger partial charge in [0, 0.05) is 12.5 Å². The summed E-state index contributed by atoms with van der Waals surface area (Å²) in [6, 6.07) is 0. The molecule has 58 valence electrons. The van der Waals surface area contributed by atoms with Crippen LogP contribution in [0.5, 0.6) is 0 Å². The lowest BCUT2D eigenvalue weighted by Crippen LogP contribution is -2.27. The van der Waals surface area contributed by atoms with Crippen LogP contribution < -0.4 is 5.73 Å². The van der Waals surface area contributed by atoms with E-state index in [0.717, 1.165) is 19.3 Å². The van der Waals surface area contributed by atoms with Crippen LogP contribution in [0.4, 0.5) is 0 Å². The third-order valence-electron chi connectivity index (χ3n) is 2.29. The maximum atomic E-state index is 8.83. The summed E-state index contributed by atoms with van der Waals surface area (Å²) in [5.74, 6) is 0.666. The molecular formula is C7H14N2O. The van der Waals surface area contributed by atoms with Crippen LogP contribution in [0, 0.1) is 17.2 Å². The van der Waals surface area contributed by atoms with Gasteiger partial charge in [-0.2, -0.15) is 0 Å². The van der Waals surface area contributed by atoms with E-state index in [4.69, 9.17) is 16.2 Å². The van der Waals surface area contributed by atoms with Crippen molar-refractivity contribution in [1.82, 2.24) is 0 Å². The molecule has 0 amide bonds. The Hall–Kier alpha value is -0.570. The molecule has 0 aromatic rings. The number of nitrogens with two attached hydrogens (primary N) is 1. The summed E-state index contributed by atoms with van der Waals surface area (Å²) in [6.45, 7) is 0.185. The number of amidine groups is 1. The van der Waals surface area contributed by atoms with Crippen molar-refractivity contribution in [1.29, 1.82) is 5.41 Å². The van der Waals surface area contributed by atoms with Gasteiger partial charge in [-0.15, -0.1) is 0 Å². The summed E-state index contributed by atoms with van der Waals surface area (Å²) in [4.78, 5) is 0. The van der Waals surface area contributed by atoms with E-state index in [9.17, 15) is 0 Å². The molecule has 0 spiro atoms. The number of aliphatic hydroxyl groups excluding tert-OH is 1. The fourth-order valence-corrected chi connectivity index (χ4v) is 1.66. The quantitative estimate of drug-likeness (QED) is 0.384. The molecule has 0 saturated heterocycles. The van der Waals surface area contributed by atoms with Gasteiger partial charge in [0.25, 0.3) is 0 Å². The predicted molar refractivity (Wildman–Crippen MR) is 39.8 cm³/mol. The number of rotatable bonds is 2. The molecule has 0 radical (unpaired) electrons. The molecule has 1 aliphatic rings. The topological polar surface area (TPSA) is 70.1 Å². The first-order valence-electron chi connectivity index (χ1n) is 3.70. The van der Waals surface area contributed by atoms with Crippen molar-refractivity contribution in [3.63, 3.8) is 0 Å². The van der Waals surface area contributed by atoms with E-state index >= 15 is 0 Å². The molecule has 1 rings (SSSR count). The first kappa shape index (κ1) is 7.54. The van der Waals surface area contributed by atoms with E-state index in [-0.39, 0.29) is 24.3 Å². The van der Waals surface area contributed by atoms with E-state index < -0.39 is 0 Å². The van der Waals surface area contributed by atoms with Crippen LogP contribution in [0.25, 0.3) is 0 Å². The zero-order chi connectivity index (χ0) is 7.56. The highest BCUT2D eigenvalue weighted by molar-refractivity contribution is 5.80. The molecule has 1 aliphatic carbocycles. The summed E-state index contributed by atoms with van der Waals surface area (Å²) >= 11 is 0. The summed E-state index contributed by atoms with van der Waals surface area (Å²) in [6.07, 6.45) is 3.12. The molecule has 0 aromatic carbocycles. The molecule has 0 aliphatic heterocycles. The lowest BCUT2D eigenvalue weighted by molar-refractivity contribution is 0.214. The second kappa shape index (κ2) is 3.01. The third kappa shape index (κ3) is 1.29. The Morgan fingerprint density at radius 2 is 2.30 bits per heavy atom. The van der Waals surface area contributed by atoms with Crippen LogP contribution in [-0.2, 0) is 0 Å². The van der Waals surface area contributed by atoms with E-state index in [0.29, 0.717) is 0 Å². The van der Waals surface area contributed by atoms with E-state index in [2.05, 4.69) is 0 Å². The van der Waals surface area contributed by atoms with Gasteiger partial charge in [0.2, 0.25) is 0 Å². The summed E-state index contributed by atoms with van der Waals surface area (Å²) in [5, 5.41) is 16.0. The van der Waals surface area contributed by atoms with Crippen molar-refractivity contribution in [2.75, 3.05) is 6.61 Å². The van der Waals surface area contributed by atoms with Gasteiger partial charge in [-0.1, -0.05) is 6.42 Å². The molecule has 4 N–H and O–H groups in total. The molecule has 2 atom stereocenters. The maximum absolute atomic E-state index is 8.83. The normalized spacial score (nSPS) is 32.5. The smallest absolute Gasteiger partial charge is 0.0940 e. The van der Waals surface area contributed by atoms with Gasteiger partial charge >= 0.3 is 0 Å². The molecule has 1 saturated carbocycles. The fourth-order valence-electron chi connectivity index (χ4n) is 1.66. The highest BCUT2D eigenvalue weighted by atomic mass is 16.3. The van der Waals surface area contributed by atoms with E-state index in [1.807, 2.05) is 0 Å². The number of hydrogen-bond acceptors (Lipinski definition) is 2. The van der Waals surface area contributed by atoms with Crippen LogP contribution in [0.15, 0.2) is 0 Å². The predicted octanol–water partition coefficient (Wildman–Crippen LogP) is 0.331. The molecule has 0 aromatic heterocycles. The van der Waals surface area contributed by atoms with Crippen LogP contribution in [0.1, 0.15) is 19.3 Å². The molecule has 0 heterocycles. The number of aliphatic hydroxyl groups is 1. The van der Waals surface area contributed by atoms with Crippen molar-refractivity contribution < 1.29 is 5.11 Å². The van der Waals surface area contributed by atoms with Crippen molar-refractivity contribution in [3.8, 4) is 0 Å². The molecule has 10 heavy (non-hydrogen) atoms. The Morgan fingerprint density at radius 3 is 2.70 bits per heavy atom. The van der Waals surface area contributed by atoms with Gasteiger partial charge in [0.1, 0.15) is 0 Å². The first-order valence-corrected chi connectivity index (χ1v) is 3.70. The van der Waals surface area contributed by atoms with Crippen LogP contribution >= 0.6 is 0 Å². The van der Waals surface area contributed by atoms with Crippen LogP contribution in [0.3, 0.4) is 0 Å². The fraction of sp³-hybridized carbons (Fsp3) is 0.857. The second-order valence-electron chi connectivity index (χ2n) is 2.94. The van der Waals surface area contributed by atoms with E-state index in [1.165, 1.54) is 0 Å². The Kier molecular flexibility index (Phi) is 2.27. The van der Waals surface area contributed by atoms with Gasteiger partial charge in [-0.05, 0) is 18.8 Å². The minimum atomic E-state index is 0.157. The zero-order valence-electron chi connectivity index (χ0n) is 6.01. The largest absolute Gasteiger partial charge is 0.396 e. The number of hydrogen-bond donors (Lipinski definition) is 3. The second-order valence-corrected chi connectivity index (χ2v) is 2.94. The monoisotopic (exact) mass is 142 g/mol. The Labute approximate surface area is 60.7 Å². The standard InChI is InChI=1S/C7H14N2O/c8-7(9)6-3-1-2-5(6)4-10/h5-6,10H,1-4H2,(H3,8,9). The molecule has 3 heteroatoms. The van der Waals surface area contributed by atoms with Gasteiger partial charge in [0.15, 0.2) is 0 Å². The molecule has 1 fully saturated rings. The van der Waals surface area contributed by atoms with Crippen molar-refractivity contribution in [2.45, 2.75) is 19.3 Å². The Balaban J connectivity index is 2.50. The maximum Gasteiger partial charge on any atom is 0.0940 e. The summed E-state index contributed by atoms with van der Waals surface area (Å²) < 4.78 is 0. The molecular weight excluding hydrogens is 128 g/mol. The SMILES string of the molecule is N=C(N)C1CCCC1CO. The van der Waals surface area contributed by atoms with Gasteiger partial charge < -0.3 is 10.8 Å². The minimum absolute atomic E-state index is 0.157. The van der Waals surface area contributed by atoms with Crippen molar-refractivity contribution >= 4 is 5.84 Å². The average molecular weight is 142 g/mol. The van der Waals surface area contributed by atoms with Crippen molar-refractivity contribution in [3.05, 3.63) is 0 Å². The number of nitrogens with one attached hydrogen (secondary N) is 1. The van der Waals surface area contributed by atoms with Crippen LogP contribution in [-0.4, -0.2) is 17.5 Å². The molecule has 0 bridgehead atoms. The Morgan fingerprint density at radius 1 is 1.60 bits per heavy atom. The van der Waals surface area contributed by atoms with E-state index in [1.54, 1.807) is 0 Å². The van der Waals surface area contributed by atoms with Crippen molar-refractivity contribution in [2.24, 2.45) is 17.6 Å². The lowest BCUT2D eigenvalue weighted by atomic mass is 9.96. The Bertz CT molecular complexity index is 136.